The van der Waals surface area contributed by atoms with Crippen LogP contribution in [0.25, 0.3) is 5.65 Å². The van der Waals surface area contributed by atoms with Gasteiger partial charge in [-0.1, -0.05) is 12.1 Å². The second kappa shape index (κ2) is 8.56. The minimum absolute atomic E-state index is 0.132. The Hall–Kier alpha value is -2.90. The fraction of sp³-hybridized carbons (Fsp3) is 0.440. The third kappa shape index (κ3) is 3.98. The van der Waals surface area contributed by atoms with E-state index < -0.39 is 5.79 Å². The Morgan fingerprint density at radius 2 is 1.97 bits per heavy atom. The number of pyridine rings is 1. The maximum atomic E-state index is 13.4. The monoisotopic (exact) mass is 435 g/mol. The molecule has 2 saturated heterocycles. The number of rotatable bonds is 5. The molecule has 2 aromatic heterocycles. The fourth-order valence-corrected chi connectivity index (χ4v) is 4.80. The zero-order valence-corrected chi connectivity index (χ0v) is 18.6. The van der Waals surface area contributed by atoms with Crippen molar-refractivity contribution in [2.75, 3.05) is 33.4 Å². The SMILES string of the molecule is COc1cccc(C(CC(=O)N2CCC3(CC2)OCCO3)c2cnc3cc(C)ccn23)c1. The number of imidazole rings is 1. The van der Waals surface area contributed by atoms with E-state index in [1.54, 1.807) is 7.11 Å². The molecule has 0 saturated carbocycles. The van der Waals surface area contributed by atoms with Crippen molar-refractivity contribution in [1.29, 1.82) is 0 Å². The molecule has 0 N–H and O–H groups in total. The van der Waals surface area contributed by atoms with Crippen molar-refractivity contribution in [2.45, 2.75) is 37.9 Å². The molecular formula is C25H29N3O4. The normalized spacial score (nSPS) is 18.9. The number of fused-ring (bicyclic) bond motifs is 1. The van der Waals surface area contributed by atoms with Crippen LogP contribution in [0.15, 0.2) is 48.8 Å². The molecule has 5 rings (SSSR count). The number of hydrogen-bond acceptors (Lipinski definition) is 5. The molecule has 0 radical (unpaired) electrons. The van der Waals surface area contributed by atoms with Crippen LogP contribution in [0.3, 0.4) is 0 Å². The quantitative estimate of drug-likeness (QED) is 0.613. The molecule has 32 heavy (non-hydrogen) atoms. The summed E-state index contributed by atoms with van der Waals surface area (Å²) in [6, 6.07) is 12.1. The van der Waals surface area contributed by atoms with Crippen LogP contribution in [0.2, 0.25) is 0 Å². The van der Waals surface area contributed by atoms with Crippen LogP contribution in [-0.2, 0) is 14.3 Å². The first-order chi connectivity index (χ1) is 15.6. The summed E-state index contributed by atoms with van der Waals surface area (Å²) in [6.07, 6.45) is 5.72. The van der Waals surface area contributed by atoms with E-state index in [2.05, 4.69) is 34.5 Å². The summed E-state index contributed by atoms with van der Waals surface area (Å²) in [5.74, 6) is 0.292. The van der Waals surface area contributed by atoms with Gasteiger partial charge in [-0.25, -0.2) is 4.98 Å². The molecule has 1 amide bonds. The highest BCUT2D eigenvalue weighted by atomic mass is 16.7. The molecule has 3 aromatic rings. The smallest absolute Gasteiger partial charge is 0.223 e. The van der Waals surface area contributed by atoms with E-state index in [0.29, 0.717) is 32.7 Å². The van der Waals surface area contributed by atoms with Crippen LogP contribution in [0.1, 0.15) is 42.0 Å². The summed E-state index contributed by atoms with van der Waals surface area (Å²) < 4.78 is 19.2. The van der Waals surface area contributed by atoms with Gasteiger partial charge in [-0.15, -0.1) is 0 Å². The van der Waals surface area contributed by atoms with E-state index in [9.17, 15) is 4.79 Å². The van der Waals surface area contributed by atoms with Crippen molar-refractivity contribution < 1.29 is 19.0 Å². The molecule has 7 nitrogen and oxygen atoms in total. The number of hydrogen-bond donors (Lipinski definition) is 0. The van der Waals surface area contributed by atoms with Crippen LogP contribution >= 0.6 is 0 Å². The maximum Gasteiger partial charge on any atom is 0.223 e. The number of methoxy groups -OCH3 is 1. The minimum atomic E-state index is -0.484. The molecule has 4 heterocycles. The Labute approximate surface area is 187 Å². The largest absolute Gasteiger partial charge is 0.497 e. The van der Waals surface area contributed by atoms with Gasteiger partial charge in [0.2, 0.25) is 5.91 Å². The lowest BCUT2D eigenvalue weighted by Crippen LogP contribution is -2.47. The number of likely N-dealkylation sites (tertiary alicyclic amines) is 1. The van der Waals surface area contributed by atoms with Crippen molar-refractivity contribution >= 4 is 11.6 Å². The summed E-state index contributed by atoms with van der Waals surface area (Å²) >= 11 is 0. The maximum absolute atomic E-state index is 13.4. The number of piperidine rings is 1. The Balaban J connectivity index is 1.42. The summed E-state index contributed by atoms with van der Waals surface area (Å²) in [4.78, 5) is 20.0. The van der Waals surface area contributed by atoms with Gasteiger partial charge in [-0.2, -0.15) is 0 Å². The first-order valence-corrected chi connectivity index (χ1v) is 11.2. The van der Waals surface area contributed by atoms with Crippen molar-refractivity contribution in [2.24, 2.45) is 0 Å². The third-order valence-corrected chi connectivity index (χ3v) is 6.62. The summed E-state index contributed by atoms with van der Waals surface area (Å²) in [5, 5.41) is 0. The summed E-state index contributed by atoms with van der Waals surface area (Å²) in [7, 11) is 1.66. The molecular weight excluding hydrogens is 406 g/mol. The van der Waals surface area contributed by atoms with Crippen molar-refractivity contribution in [3.8, 4) is 5.75 Å². The average Bonchev–Trinajstić information content (AvgIpc) is 3.44. The zero-order valence-electron chi connectivity index (χ0n) is 18.6. The van der Waals surface area contributed by atoms with Gasteiger partial charge >= 0.3 is 0 Å². The van der Waals surface area contributed by atoms with Gasteiger partial charge in [-0.05, 0) is 42.3 Å². The van der Waals surface area contributed by atoms with Gasteiger partial charge in [0.15, 0.2) is 5.79 Å². The van der Waals surface area contributed by atoms with Crippen LogP contribution < -0.4 is 4.74 Å². The molecule has 1 unspecified atom stereocenters. The molecule has 2 aliphatic rings. The van der Waals surface area contributed by atoms with Crippen LogP contribution in [0.4, 0.5) is 0 Å². The number of benzene rings is 1. The van der Waals surface area contributed by atoms with E-state index in [-0.39, 0.29) is 11.8 Å². The highest BCUT2D eigenvalue weighted by Gasteiger charge is 2.41. The van der Waals surface area contributed by atoms with Crippen molar-refractivity contribution in [3.63, 3.8) is 0 Å². The molecule has 168 valence electrons. The number of carbonyl (C=O) groups is 1. The number of amides is 1. The van der Waals surface area contributed by atoms with Gasteiger partial charge in [0.1, 0.15) is 11.4 Å². The molecule has 0 bridgehead atoms. The second-order valence-corrected chi connectivity index (χ2v) is 8.64. The van der Waals surface area contributed by atoms with Crippen LogP contribution in [0.5, 0.6) is 5.75 Å². The predicted molar refractivity (Wildman–Crippen MR) is 120 cm³/mol. The van der Waals surface area contributed by atoms with Gasteiger partial charge in [0, 0.05) is 50.7 Å². The molecule has 1 aromatic carbocycles. The lowest BCUT2D eigenvalue weighted by atomic mass is 9.91. The van der Waals surface area contributed by atoms with Crippen LogP contribution in [0, 0.1) is 6.92 Å². The Bertz CT molecular complexity index is 1110. The first-order valence-electron chi connectivity index (χ1n) is 11.2. The second-order valence-electron chi connectivity index (χ2n) is 8.64. The molecule has 7 heteroatoms. The van der Waals surface area contributed by atoms with E-state index in [1.165, 1.54) is 0 Å². The summed E-state index contributed by atoms with van der Waals surface area (Å²) in [6.45, 7) is 4.63. The number of carbonyl (C=O) groups excluding carboxylic acids is 1. The highest BCUT2D eigenvalue weighted by molar-refractivity contribution is 5.78. The topological polar surface area (TPSA) is 65.3 Å². The predicted octanol–water partition coefficient (Wildman–Crippen LogP) is 3.54. The molecule has 0 aliphatic carbocycles. The van der Waals surface area contributed by atoms with E-state index in [1.807, 2.05) is 35.5 Å². The van der Waals surface area contributed by atoms with Gasteiger partial charge in [-0.3, -0.25) is 4.79 Å². The molecule has 2 fully saturated rings. The third-order valence-electron chi connectivity index (χ3n) is 6.62. The minimum Gasteiger partial charge on any atom is -0.497 e. The lowest BCUT2D eigenvalue weighted by molar-refractivity contribution is -0.187. The first kappa shape index (κ1) is 21.0. The van der Waals surface area contributed by atoms with E-state index in [0.717, 1.165) is 41.1 Å². The number of ether oxygens (including phenoxy) is 3. The molecule has 2 aliphatic heterocycles. The van der Waals surface area contributed by atoms with E-state index in [4.69, 9.17) is 14.2 Å². The van der Waals surface area contributed by atoms with E-state index >= 15 is 0 Å². The number of aromatic nitrogens is 2. The average molecular weight is 436 g/mol. The molecule has 1 spiro atoms. The molecule has 1 atom stereocenters. The number of nitrogens with zero attached hydrogens (tertiary/aromatic N) is 3. The highest BCUT2D eigenvalue weighted by Crippen LogP contribution is 2.34. The standard InChI is InChI=1S/C25H29N3O4/c1-18-6-9-28-22(17-26-23(28)14-18)21(19-4-3-5-20(15-19)30-2)16-24(29)27-10-7-25(8-11-27)31-12-13-32-25/h3-6,9,14-15,17,21H,7-8,10-13,16H2,1-2H3. The van der Waals surface area contributed by atoms with Crippen molar-refractivity contribution in [3.05, 3.63) is 65.6 Å². The zero-order chi connectivity index (χ0) is 22.1. The number of aryl methyl sites for hydroxylation is 1. The Kier molecular flexibility index (Phi) is 5.61. The fourth-order valence-electron chi connectivity index (χ4n) is 4.80. The Morgan fingerprint density at radius 1 is 1.19 bits per heavy atom. The van der Waals surface area contributed by atoms with Gasteiger partial charge < -0.3 is 23.5 Å². The van der Waals surface area contributed by atoms with Crippen LogP contribution in [-0.4, -0.2) is 59.4 Å². The lowest BCUT2D eigenvalue weighted by Gasteiger charge is -2.38. The van der Waals surface area contributed by atoms with Gasteiger partial charge in [0.05, 0.1) is 26.0 Å². The van der Waals surface area contributed by atoms with Crippen molar-refractivity contribution in [1.82, 2.24) is 14.3 Å². The van der Waals surface area contributed by atoms with Gasteiger partial charge in [0.25, 0.3) is 0 Å². The Morgan fingerprint density at radius 3 is 2.72 bits per heavy atom. The summed E-state index contributed by atoms with van der Waals surface area (Å²) in [5.41, 5.74) is 4.08.